The van der Waals surface area contributed by atoms with Gasteiger partial charge in [-0.3, -0.25) is 29.6 Å². The number of ether oxygens (including phenoxy) is 1. The zero-order chi connectivity index (χ0) is 20.8. The fraction of sp³-hybridized carbons (Fsp3) is 0.222. The van der Waals surface area contributed by atoms with Gasteiger partial charge in [-0.1, -0.05) is 0 Å². The molecular formula is C18H17FN4O5. The zero-order valence-corrected chi connectivity index (χ0v) is 15.3. The molecule has 0 saturated heterocycles. The topological polar surface area (TPSA) is 133 Å². The van der Waals surface area contributed by atoms with Crippen LogP contribution in [0.1, 0.15) is 41.5 Å². The van der Waals surface area contributed by atoms with Gasteiger partial charge in [0.25, 0.3) is 17.4 Å². The summed E-state index contributed by atoms with van der Waals surface area (Å²) >= 11 is 0. The van der Waals surface area contributed by atoms with E-state index in [4.69, 9.17) is 10.5 Å². The van der Waals surface area contributed by atoms with E-state index in [2.05, 4.69) is 5.32 Å². The third-order valence-electron chi connectivity index (χ3n) is 3.79. The minimum absolute atomic E-state index is 0.137. The minimum Gasteiger partial charge on any atom is -0.444 e. The lowest BCUT2D eigenvalue weighted by Gasteiger charge is -2.20. The molecule has 2 aromatic rings. The molecule has 146 valence electrons. The largest absolute Gasteiger partial charge is 0.444 e. The molecule has 4 N–H and O–H groups in total. The van der Waals surface area contributed by atoms with Crippen molar-refractivity contribution in [2.45, 2.75) is 26.4 Å². The number of pyridine rings is 1. The van der Waals surface area contributed by atoms with Gasteiger partial charge in [0.2, 0.25) is 0 Å². The van der Waals surface area contributed by atoms with Gasteiger partial charge < -0.3 is 10.5 Å². The SMILES string of the molecule is CC(C)(C)OC(=O)Nc1ccc(F)c(-n2c(N)c3c(cc2=O)C(=O)NC3=O)c1. The number of benzene rings is 1. The number of nitrogens with one attached hydrogen (secondary N) is 2. The summed E-state index contributed by atoms with van der Waals surface area (Å²) in [7, 11) is 0. The Morgan fingerprint density at radius 1 is 1.18 bits per heavy atom. The highest BCUT2D eigenvalue weighted by atomic mass is 19.1. The molecule has 1 aliphatic heterocycles. The molecule has 0 fully saturated rings. The van der Waals surface area contributed by atoms with Crippen molar-refractivity contribution in [3.63, 3.8) is 0 Å². The maximum atomic E-state index is 14.4. The Morgan fingerprint density at radius 3 is 2.50 bits per heavy atom. The van der Waals surface area contributed by atoms with E-state index in [0.717, 1.165) is 22.8 Å². The fourth-order valence-corrected chi connectivity index (χ4v) is 2.71. The normalized spacial score (nSPS) is 13.1. The number of amides is 3. The van der Waals surface area contributed by atoms with Crippen LogP contribution in [-0.2, 0) is 4.74 Å². The number of nitrogen functional groups attached to an aromatic ring is 1. The van der Waals surface area contributed by atoms with E-state index in [9.17, 15) is 23.6 Å². The first kappa shape index (κ1) is 19.1. The molecule has 1 aromatic heterocycles. The number of aromatic nitrogens is 1. The maximum absolute atomic E-state index is 14.4. The van der Waals surface area contributed by atoms with Gasteiger partial charge in [-0.25, -0.2) is 9.18 Å². The van der Waals surface area contributed by atoms with E-state index in [0.29, 0.717) is 0 Å². The lowest BCUT2D eigenvalue weighted by molar-refractivity contribution is 0.0635. The fourth-order valence-electron chi connectivity index (χ4n) is 2.71. The molecule has 0 unspecified atom stereocenters. The number of fused-ring (bicyclic) bond motifs is 1. The van der Waals surface area contributed by atoms with Crippen molar-refractivity contribution in [2.75, 3.05) is 11.1 Å². The number of carbonyl (C=O) groups excluding carboxylic acids is 3. The van der Waals surface area contributed by atoms with Crippen LogP contribution in [0.4, 0.5) is 20.7 Å². The van der Waals surface area contributed by atoms with Crippen molar-refractivity contribution in [1.29, 1.82) is 0 Å². The molecule has 0 bridgehead atoms. The number of anilines is 2. The number of halogens is 1. The maximum Gasteiger partial charge on any atom is 0.412 e. The van der Waals surface area contributed by atoms with Crippen molar-refractivity contribution in [3.05, 3.63) is 51.6 Å². The van der Waals surface area contributed by atoms with E-state index < -0.39 is 34.9 Å². The van der Waals surface area contributed by atoms with Crippen LogP contribution in [0.2, 0.25) is 0 Å². The second kappa shape index (κ2) is 6.48. The van der Waals surface area contributed by atoms with Gasteiger partial charge in [0.1, 0.15) is 17.2 Å². The van der Waals surface area contributed by atoms with Crippen molar-refractivity contribution < 1.29 is 23.5 Å². The quantitative estimate of drug-likeness (QED) is 0.672. The highest BCUT2D eigenvalue weighted by Crippen LogP contribution is 2.26. The molecule has 0 saturated carbocycles. The van der Waals surface area contributed by atoms with Crippen molar-refractivity contribution in [2.24, 2.45) is 0 Å². The first-order valence-electron chi connectivity index (χ1n) is 8.19. The first-order chi connectivity index (χ1) is 13.0. The minimum atomic E-state index is -0.826. The highest BCUT2D eigenvalue weighted by Gasteiger charge is 2.32. The van der Waals surface area contributed by atoms with Crippen LogP contribution in [-0.4, -0.2) is 28.1 Å². The monoisotopic (exact) mass is 388 g/mol. The van der Waals surface area contributed by atoms with Crippen LogP contribution < -0.4 is 21.9 Å². The van der Waals surface area contributed by atoms with E-state index >= 15 is 0 Å². The number of hydrogen-bond donors (Lipinski definition) is 3. The molecule has 28 heavy (non-hydrogen) atoms. The average molecular weight is 388 g/mol. The van der Waals surface area contributed by atoms with Crippen LogP contribution in [0.15, 0.2) is 29.1 Å². The number of rotatable bonds is 2. The van der Waals surface area contributed by atoms with Gasteiger partial charge in [0.05, 0.1) is 16.8 Å². The number of nitrogens with two attached hydrogens (primary N) is 1. The van der Waals surface area contributed by atoms with Crippen molar-refractivity contribution >= 4 is 29.4 Å². The molecule has 2 heterocycles. The van der Waals surface area contributed by atoms with Gasteiger partial charge in [0.15, 0.2) is 0 Å². The van der Waals surface area contributed by atoms with E-state index in [-0.39, 0.29) is 28.3 Å². The molecule has 0 spiro atoms. The van der Waals surface area contributed by atoms with Gasteiger partial charge >= 0.3 is 6.09 Å². The molecule has 0 radical (unpaired) electrons. The second-order valence-electron chi connectivity index (χ2n) is 7.07. The predicted molar refractivity (Wildman–Crippen MR) is 98.1 cm³/mol. The molecule has 3 rings (SSSR count). The molecule has 0 atom stereocenters. The number of nitrogens with zero attached hydrogens (tertiary/aromatic N) is 1. The van der Waals surface area contributed by atoms with Gasteiger partial charge in [-0.15, -0.1) is 0 Å². The number of hydrogen-bond acceptors (Lipinski definition) is 6. The Labute approximate surface area is 158 Å². The molecule has 10 heteroatoms. The Morgan fingerprint density at radius 2 is 1.86 bits per heavy atom. The van der Waals surface area contributed by atoms with Crippen molar-refractivity contribution in [1.82, 2.24) is 9.88 Å². The summed E-state index contributed by atoms with van der Waals surface area (Å²) in [5.74, 6) is -2.75. The van der Waals surface area contributed by atoms with Crippen LogP contribution in [0.5, 0.6) is 0 Å². The molecule has 0 aliphatic carbocycles. The Bertz CT molecular complexity index is 1080. The Balaban J connectivity index is 2.07. The first-order valence-corrected chi connectivity index (χ1v) is 8.19. The van der Waals surface area contributed by atoms with Crippen molar-refractivity contribution in [3.8, 4) is 5.69 Å². The second-order valence-corrected chi connectivity index (χ2v) is 7.07. The molecule has 3 amide bonds. The summed E-state index contributed by atoms with van der Waals surface area (Å²) in [6.45, 7) is 5.04. The Kier molecular flexibility index (Phi) is 4.42. The van der Waals surface area contributed by atoms with Crippen LogP contribution in [0.25, 0.3) is 5.69 Å². The Hall–Kier alpha value is -3.69. The zero-order valence-electron chi connectivity index (χ0n) is 15.3. The van der Waals surface area contributed by atoms with Gasteiger partial charge in [-0.05, 0) is 39.0 Å². The summed E-state index contributed by atoms with van der Waals surface area (Å²) < 4.78 is 20.3. The number of carbonyl (C=O) groups is 3. The van der Waals surface area contributed by atoms with E-state index in [1.807, 2.05) is 5.32 Å². The lowest BCUT2D eigenvalue weighted by Crippen LogP contribution is -2.27. The van der Waals surface area contributed by atoms with Gasteiger partial charge in [0, 0.05) is 11.8 Å². The van der Waals surface area contributed by atoms with E-state index in [1.165, 1.54) is 6.07 Å². The summed E-state index contributed by atoms with van der Waals surface area (Å²) in [5.41, 5.74) is 3.79. The molecular weight excluding hydrogens is 371 g/mol. The van der Waals surface area contributed by atoms with Crippen LogP contribution in [0.3, 0.4) is 0 Å². The summed E-state index contributed by atoms with van der Waals surface area (Å²) in [6.07, 6.45) is -0.774. The van der Waals surface area contributed by atoms with Crippen LogP contribution in [0, 0.1) is 5.82 Å². The highest BCUT2D eigenvalue weighted by molar-refractivity contribution is 6.23. The summed E-state index contributed by atoms with van der Waals surface area (Å²) in [5, 5.41) is 4.45. The summed E-state index contributed by atoms with van der Waals surface area (Å²) in [4.78, 5) is 48.0. The average Bonchev–Trinajstić information content (AvgIpc) is 2.82. The lowest BCUT2D eigenvalue weighted by atomic mass is 10.1. The molecule has 1 aliphatic rings. The number of imide groups is 1. The predicted octanol–water partition coefficient (Wildman–Crippen LogP) is 1.79. The molecule has 1 aromatic carbocycles. The third kappa shape index (κ3) is 3.43. The third-order valence-corrected chi connectivity index (χ3v) is 3.79. The smallest absolute Gasteiger partial charge is 0.412 e. The van der Waals surface area contributed by atoms with E-state index in [1.54, 1.807) is 20.8 Å². The standard InChI is InChI=1S/C18H17FN4O5/c1-18(2,3)28-17(27)21-8-4-5-10(19)11(6-8)23-12(24)7-9-13(14(23)20)16(26)22-15(9)25/h4-7H,20H2,1-3H3,(H,21,27)(H,22,25,26). The molecule has 9 nitrogen and oxygen atoms in total. The van der Waals surface area contributed by atoms with Crippen LogP contribution >= 0.6 is 0 Å². The van der Waals surface area contributed by atoms with Gasteiger partial charge in [-0.2, -0.15) is 0 Å². The summed E-state index contributed by atoms with van der Waals surface area (Å²) in [6, 6.07) is 4.36.